The zero-order chi connectivity index (χ0) is 11.5. The molecule has 1 atom stereocenters. The van der Waals surface area contributed by atoms with Crippen LogP contribution in [-0.2, 0) is 22.5 Å². The molecule has 1 heterocycles. The van der Waals surface area contributed by atoms with Crippen molar-refractivity contribution in [1.29, 1.82) is 0 Å². The highest BCUT2D eigenvalue weighted by Gasteiger charge is 2.21. The summed E-state index contributed by atoms with van der Waals surface area (Å²) in [5, 5.41) is 4.34. The fourth-order valence-corrected chi connectivity index (χ4v) is 2.05. The highest BCUT2D eigenvalue weighted by atomic mass is 16.5. The number of hydrogen-bond acceptors (Lipinski definition) is 4. The van der Waals surface area contributed by atoms with Crippen LogP contribution >= 0.6 is 0 Å². The fraction of sp³-hybridized carbons (Fsp3) is 0.636. The van der Waals surface area contributed by atoms with Crippen LogP contribution < -0.4 is 5.73 Å². The molecular formula is C11H17N3O2. The summed E-state index contributed by atoms with van der Waals surface area (Å²) < 4.78 is 6.51. The highest BCUT2D eigenvalue weighted by molar-refractivity contribution is 5.69. The summed E-state index contributed by atoms with van der Waals surface area (Å²) in [5.74, 6) is -0.254. The van der Waals surface area contributed by atoms with E-state index in [0.29, 0.717) is 6.61 Å². The van der Waals surface area contributed by atoms with E-state index in [1.807, 2.05) is 6.20 Å². The van der Waals surface area contributed by atoms with E-state index in [1.165, 1.54) is 5.56 Å². The van der Waals surface area contributed by atoms with Crippen molar-refractivity contribution in [3.05, 3.63) is 17.5 Å². The topological polar surface area (TPSA) is 70.1 Å². The number of nitrogens with zero attached hydrogens (tertiary/aromatic N) is 2. The van der Waals surface area contributed by atoms with E-state index < -0.39 is 0 Å². The maximum Gasteiger partial charge on any atom is 0.327 e. The van der Waals surface area contributed by atoms with Crippen LogP contribution in [0.5, 0.6) is 0 Å². The molecule has 0 saturated carbocycles. The normalized spacial score (nSPS) is 19.2. The van der Waals surface area contributed by atoms with Crippen LogP contribution in [0.25, 0.3) is 0 Å². The summed E-state index contributed by atoms with van der Waals surface area (Å²) in [6.45, 7) is 2.37. The first-order chi connectivity index (χ1) is 7.70. The third-order valence-corrected chi connectivity index (χ3v) is 2.78. The Labute approximate surface area is 94.6 Å². The molecule has 2 rings (SSSR count). The van der Waals surface area contributed by atoms with E-state index in [-0.39, 0.29) is 18.6 Å². The maximum absolute atomic E-state index is 11.3. The van der Waals surface area contributed by atoms with Gasteiger partial charge in [0, 0.05) is 12.2 Å². The van der Waals surface area contributed by atoms with Gasteiger partial charge in [-0.05, 0) is 31.7 Å². The Kier molecular flexibility index (Phi) is 3.24. The van der Waals surface area contributed by atoms with Crippen LogP contribution in [-0.4, -0.2) is 22.4 Å². The van der Waals surface area contributed by atoms with Gasteiger partial charge in [0.1, 0.15) is 6.54 Å². The van der Waals surface area contributed by atoms with Gasteiger partial charge in [-0.1, -0.05) is 0 Å². The predicted octanol–water partition coefficient (Wildman–Crippen LogP) is 0.782. The summed E-state index contributed by atoms with van der Waals surface area (Å²) in [4.78, 5) is 11.3. The van der Waals surface area contributed by atoms with Gasteiger partial charge in [0.2, 0.25) is 0 Å². The standard InChI is InChI=1S/C11H17N3O2/c1-2-16-10(15)7-14-6-8-4-3-5-9(12)11(8)13-14/h6,9H,2-5,7,12H2,1H3. The number of nitrogens with two attached hydrogens (primary N) is 1. The van der Waals surface area contributed by atoms with Crippen molar-refractivity contribution in [2.24, 2.45) is 5.73 Å². The Morgan fingerprint density at radius 3 is 3.25 bits per heavy atom. The number of aryl methyl sites for hydroxylation is 1. The molecule has 0 aliphatic heterocycles. The molecular weight excluding hydrogens is 206 g/mol. The van der Waals surface area contributed by atoms with E-state index in [9.17, 15) is 4.79 Å². The maximum atomic E-state index is 11.3. The average molecular weight is 223 g/mol. The fourth-order valence-electron chi connectivity index (χ4n) is 2.05. The molecule has 0 fully saturated rings. The smallest absolute Gasteiger partial charge is 0.327 e. The SMILES string of the molecule is CCOC(=O)Cn1cc2c(n1)C(N)CCC2. The first kappa shape index (κ1) is 11.1. The van der Waals surface area contributed by atoms with Crippen molar-refractivity contribution in [3.8, 4) is 0 Å². The van der Waals surface area contributed by atoms with Crippen LogP contribution in [0.4, 0.5) is 0 Å². The summed E-state index contributed by atoms with van der Waals surface area (Å²) >= 11 is 0. The number of hydrogen-bond donors (Lipinski definition) is 1. The van der Waals surface area contributed by atoms with Crippen LogP contribution in [0.1, 0.15) is 37.1 Å². The molecule has 1 aliphatic carbocycles. The van der Waals surface area contributed by atoms with Gasteiger partial charge in [-0.2, -0.15) is 5.10 Å². The van der Waals surface area contributed by atoms with Crippen molar-refractivity contribution in [3.63, 3.8) is 0 Å². The summed E-state index contributed by atoms with van der Waals surface area (Å²) in [5.41, 5.74) is 8.07. The predicted molar refractivity (Wildman–Crippen MR) is 58.7 cm³/mol. The van der Waals surface area contributed by atoms with Crippen molar-refractivity contribution >= 4 is 5.97 Å². The van der Waals surface area contributed by atoms with E-state index in [4.69, 9.17) is 10.5 Å². The molecule has 5 nitrogen and oxygen atoms in total. The number of fused-ring (bicyclic) bond motifs is 1. The third kappa shape index (κ3) is 2.24. The second-order valence-corrected chi connectivity index (χ2v) is 4.04. The minimum atomic E-state index is -0.254. The van der Waals surface area contributed by atoms with Gasteiger partial charge in [-0.25, -0.2) is 0 Å². The molecule has 1 aliphatic rings. The van der Waals surface area contributed by atoms with Crippen LogP contribution in [0.3, 0.4) is 0 Å². The van der Waals surface area contributed by atoms with Gasteiger partial charge in [0.15, 0.2) is 0 Å². The Morgan fingerprint density at radius 2 is 2.56 bits per heavy atom. The Morgan fingerprint density at radius 1 is 1.75 bits per heavy atom. The van der Waals surface area contributed by atoms with Crippen LogP contribution in [0.2, 0.25) is 0 Å². The zero-order valence-electron chi connectivity index (χ0n) is 9.48. The average Bonchev–Trinajstić information content (AvgIpc) is 2.62. The Balaban J connectivity index is 2.09. The number of aromatic nitrogens is 2. The van der Waals surface area contributed by atoms with E-state index >= 15 is 0 Å². The van der Waals surface area contributed by atoms with Gasteiger partial charge < -0.3 is 10.5 Å². The van der Waals surface area contributed by atoms with Gasteiger partial charge >= 0.3 is 5.97 Å². The minimum Gasteiger partial charge on any atom is -0.465 e. The lowest BCUT2D eigenvalue weighted by molar-refractivity contribution is -0.144. The second kappa shape index (κ2) is 4.65. The van der Waals surface area contributed by atoms with E-state index in [1.54, 1.807) is 11.6 Å². The van der Waals surface area contributed by atoms with Crippen molar-refractivity contribution < 1.29 is 9.53 Å². The number of esters is 1. The first-order valence-electron chi connectivity index (χ1n) is 5.68. The van der Waals surface area contributed by atoms with Crippen molar-refractivity contribution in [2.45, 2.75) is 38.8 Å². The quantitative estimate of drug-likeness (QED) is 0.769. The summed E-state index contributed by atoms with van der Waals surface area (Å²) in [7, 11) is 0. The van der Waals surface area contributed by atoms with Crippen molar-refractivity contribution in [2.75, 3.05) is 6.61 Å². The number of carbonyl (C=O) groups is 1. The molecule has 2 N–H and O–H groups in total. The lowest BCUT2D eigenvalue weighted by atomic mass is 9.95. The summed E-state index contributed by atoms with van der Waals surface area (Å²) in [6.07, 6.45) is 4.99. The molecule has 16 heavy (non-hydrogen) atoms. The zero-order valence-corrected chi connectivity index (χ0v) is 9.48. The molecule has 0 radical (unpaired) electrons. The second-order valence-electron chi connectivity index (χ2n) is 4.04. The lowest BCUT2D eigenvalue weighted by Gasteiger charge is -2.15. The highest BCUT2D eigenvalue weighted by Crippen LogP contribution is 2.26. The summed E-state index contributed by atoms with van der Waals surface area (Å²) in [6, 6.07) is 0.0206. The molecule has 0 amide bonds. The van der Waals surface area contributed by atoms with Crippen LogP contribution in [0, 0.1) is 0 Å². The monoisotopic (exact) mass is 223 g/mol. The Bertz CT molecular complexity index is 387. The van der Waals surface area contributed by atoms with Gasteiger partial charge in [-0.3, -0.25) is 9.48 Å². The first-order valence-corrected chi connectivity index (χ1v) is 5.68. The number of carbonyl (C=O) groups excluding carboxylic acids is 1. The van der Waals surface area contributed by atoms with Gasteiger partial charge in [0.05, 0.1) is 12.3 Å². The van der Waals surface area contributed by atoms with Gasteiger partial charge in [-0.15, -0.1) is 0 Å². The molecule has 5 heteroatoms. The van der Waals surface area contributed by atoms with Gasteiger partial charge in [0.25, 0.3) is 0 Å². The number of ether oxygens (including phenoxy) is 1. The largest absolute Gasteiger partial charge is 0.465 e. The molecule has 0 spiro atoms. The Hall–Kier alpha value is -1.36. The van der Waals surface area contributed by atoms with E-state index in [2.05, 4.69) is 5.10 Å². The molecule has 88 valence electrons. The number of rotatable bonds is 3. The minimum absolute atomic E-state index is 0.0206. The van der Waals surface area contributed by atoms with E-state index in [0.717, 1.165) is 25.0 Å². The molecule has 1 aromatic rings. The molecule has 1 aromatic heterocycles. The lowest BCUT2D eigenvalue weighted by Crippen LogP contribution is -2.18. The molecule has 0 saturated heterocycles. The van der Waals surface area contributed by atoms with Crippen LogP contribution in [0.15, 0.2) is 6.20 Å². The third-order valence-electron chi connectivity index (χ3n) is 2.78. The molecule has 0 aromatic carbocycles. The molecule has 1 unspecified atom stereocenters. The molecule has 0 bridgehead atoms. The van der Waals surface area contributed by atoms with Crippen molar-refractivity contribution in [1.82, 2.24) is 9.78 Å².